The van der Waals surface area contributed by atoms with Crippen molar-refractivity contribution in [2.75, 3.05) is 29.9 Å². The Bertz CT molecular complexity index is 782. The third-order valence-corrected chi connectivity index (χ3v) is 6.34. The Morgan fingerprint density at radius 1 is 1.07 bits per heavy atom. The summed E-state index contributed by atoms with van der Waals surface area (Å²) in [7, 11) is 0. The summed E-state index contributed by atoms with van der Waals surface area (Å²) in [5.74, 6) is -0.210. The predicted molar refractivity (Wildman–Crippen MR) is 112 cm³/mol. The summed E-state index contributed by atoms with van der Waals surface area (Å²) in [6.45, 7) is 2.41. The van der Waals surface area contributed by atoms with Crippen molar-refractivity contribution >= 4 is 29.2 Å². The van der Waals surface area contributed by atoms with Crippen LogP contribution in [0.4, 0.5) is 16.2 Å². The summed E-state index contributed by atoms with van der Waals surface area (Å²) in [6.07, 6.45) is 7.83. The normalized spacial score (nSPS) is 21.0. The quantitative estimate of drug-likeness (QED) is 0.721. The molecular weight excluding hydrogens is 368 g/mol. The molecule has 0 bridgehead atoms. The maximum absolute atomic E-state index is 12.6. The van der Waals surface area contributed by atoms with Gasteiger partial charge in [0.25, 0.3) is 5.91 Å². The highest BCUT2D eigenvalue weighted by Crippen LogP contribution is 2.35. The average molecular weight is 399 g/mol. The third kappa shape index (κ3) is 4.23. The molecule has 0 radical (unpaired) electrons. The fourth-order valence-electron chi connectivity index (χ4n) is 4.75. The molecule has 0 aromatic heterocycles. The van der Waals surface area contributed by atoms with Gasteiger partial charge in [-0.25, -0.2) is 4.79 Å². The lowest BCUT2D eigenvalue weighted by molar-refractivity contribution is -0.131. The number of nitrogens with one attached hydrogen (secondary N) is 2. The third-order valence-electron chi connectivity index (χ3n) is 6.34. The maximum atomic E-state index is 12.6. The van der Waals surface area contributed by atoms with Crippen LogP contribution in [0.3, 0.4) is 0 Å². The fourth-order valence-corrected chi connectivity index (χ4v) is 4.75. The number of benzene rings is 1. The smallest absolute Gasteiger partial charge is 0.325 e. The first-order chi connectivity index (χ1) is 14.1. The van der Waals surface area contributed by atoms with Crippen LogP contribution in [0.1, 0.15) is 57.8 Å². The van der Waals surface area contributed by atoms with Gasteiger partial charge in [0, 0.05) is 37.4 Å². The van der Waals surface area contributed by atoms with Crippen molar-refractivity contribution in [3.05, 3.63) is 24.3 Å². The molecule has 4 amide bonds. The molecule has 29 heavy (non-hydrogen) atoms. The predicted octanol–water partition coefficient (Wildman–Crippen LogP) is 3.26. The molecule has 1 spiro atoms. The Balaban J connectivity index is 1.26. The lowest BCUT2D eigenvalue weighted by Crippen LogP contribution is -2.44. The molecule has 2 N–H and O–H groups in total. The van der Waals surface area contributed by atoms with Crippen molar-refractivity contribution in [3.63, 3.8) is 0 Å². The molecule has 3 fully saturated rings. The lowest BCUT2D eigenvalue weighted by atomic mass is 9.98. The molecule has 2 saturated heterocycles. The molecule has 7 heteroatoms. The van der Waals surface area contributed by atoms with E-state index in [0.29, 0.717) is 6.42 Å². The Morgan fingerprint density at radius 2 is 1.83 bits per heavy atom. The van der Waals surface area contributed by atoms with E-state index in [4.69, 9.17) is 0 Å². The van der Waals surface area contributed by atoms with E-state index < -0.39 is 5.54 Å². The molecule has 1 aromatic carbocycles. The number of carbonyl (C=O) groups is 3. The first-order valence-corrected chi connectivity index (χ1v) is 10.9. The minimum atomic E-state index is -0.672. The van der Waals surface area contributed by atoms with Crippen molar-refractivity contribution in [1.29, 1.82) is 0 Å². The van der Waals surface area contributed by atoms with Crippen LogP contribution in [0, 0.1) is 0 Å². The van der Waals surface area contributed by atoms with E-state index in [9.17, 15) is 14.4 Å². The van der Waals surface area contributed by atoms with Gasteiger partial charge >= 0.3 is 6.03 Å². The minimum Gasteiger partial charge on any atom is -0.371 e. The van der Waals surface area contributed by atoms with E-state index in [1.54, 1.807) is 0 Å². The molecule has 2 aliphatic heterocycles. The van der Waals surface area contributed by atoms with Gasteiger partial charge in [0.15, 0.2) is 0 Å². The van der Waals surface area contributed by atoms with E-state index in [1.807, 2.05) is 18.2 Å². The highest BCUT2D eigenvalue weighted by Gasteiger charge is 2.52. The van der Waals surface area contributed by atoms with Gasteiger partial charge in [-0.05, 0) is 56.7 Å². The summed E-state index contributed by atoms with van der Waals surface area (Å²) < 4.78 is 0. The molecule has 0 atom stereocenters. The van der Waals surface area contributed by atoms with Crippen molar-refractivity contribution in [1.82, 2.24) is 10.2 Å². The van der Waals surface area contributed by atoms with Gasteiger partial charge in [-0.1, -0.05) is 18.9 Å². The highest BCUT2D eigenvalue weighted by molar-refractivity contribution is 6.07. The van der Waals surface area contributed by atoms with E-state index in [2.05, 4.69) is 21.6 Å². The highest BCUT2D eigenvalue weighted by atomic mass is 16.2. The fraction of sp³-hybridized carbons (Fsp3) is 0.591. The van der Waals surface area contributed by atoms with Crippen LogP contribution in [-0.2, 0) is 9.59 Å². The van der Waals surface area contributed by atoms with Crippen molar-refractivity contribution in [3.8, 4) is 0 Å². The van der Waals surface area contributed by atoms with Crippen molar-refractivity contribution in [2.24, 2.45) is 0 Å². The summed E-state index contributed by atoms with van der Waals surface area (Å²) in [5, 5.41) is 5.82. The molecule has 1 saturated carbocycles. The monoisotopic (exact) mass is 398 g/mol. The molecule has 4 rings (SSSR count). The van der Waals surface area contributed by atoms with E-state index in [-0.39, 0.29) is 30.8 Å². The Morgan fingerprint density at radius 3 is 2.59 bits per heavy atom. The molecular formula is C22H30N4O3. The Hall–Kier alpha value is -2.57. The number of carbonyl (C=O) groups excluding carboxylic acids is 3. The number of nitrogens with zero attached hydrogens (tertiary/aromatic N) is 2. The van der Waals surface area contributed by atoms with Gasteiger partial charge in [0.05, 0.1) is 0 Å². The second-order valence-corrected chi connectivity index (χ2v) is 8.43. The van der Waals surface area contributed by atoms with Crippen LogP contribution < -0.4 is 15.5 Å². The summed E-state index contributed by atoms with van der Waals surface area (Å²) in [4.78, 5) is 40.8. The molecule has 3 aliphatic rings. The summed E-state index contributed by atoms with van der Waals surface area (Å²) >= 11 is 0. The zero-order chi connectivity index (χ0) is 20.3. The van der Waals surface area contributed by atoms with Gasteiger partial charge < -0.3 is 15.5 Å². The number of urea groups is 1. The van der Waals surface area contributed by atoms with Crippen LogP contribution in [0.15, 0.2) is 24.3 Å². The number of piperidine rings is 1. The van der Waals surface area contributed by atoms with Gasteiger partial charge in [-0.2, -0.15) is 0 Å². The Labute approximate surface area is 171 Å². The van der Waals surface area contributed by atoms with E-state index in [1.165, 1.54) is 24.2 Å². The van der Waals surface area contributed by atoms with Crippen LogP contribution in [0.2, 0.25) is 0 Å². The minimum absolute atomic E-state index is 0.0940. The molecule has 156 valence electrons. The zero-order valence-electron chi connectivity index (χ0n) is 16.9. The number of hydrogen-bond acceptors (Lipinski definition) is 4. The zero-order valence-corrected chi connectivity index (χ0v) is 16.9. The van der Waals surface area contributed by atoms with Gasteiger partial charge in [0.2, 0.25) is 5.91 Å². The molecule has 2 heterocycles. The first kappa shape index (κ1) is 19.7. The van der Waals surface area contributed by atoms with Crippen molar-refractivity contribution < 1.29 is 14.4 Å². The molecule has 7 nitrogen and oxygen atoms in total. The maximum Gasteiger partial charge on any atom is 0.325 e. The van der Waals surface area contributed by atoms with Gasteiger partial charge in [0.1, 0.15) is 5.54 Å². The SMILES string of the molecule is O=C(CCCN1C(=O)NC2(CCCC2)C1=O)Nc1cccc(N2CCCCC2)c1. The lowest BCUT2D eigenvalue weighted by Gasteiger charge is -2.29. The summed E-state index contributed by atoms with van der Waals surface area (Å²) in [6, 6.07) is 7.65. The number of imide groups is 1. The molecule has 0 unspecified atom stereocenters. The van der Waals surface area contributed by atoms with Crippen LogP contribution in [0.5, 0.6) is 0 Å². The van der Waals surface area contributed by atoms with Gasteiger partial charge in [-0.15, -0.1) is 0 Å². The second kappa shape index (κ2) is 8.43. The van der Waals surface area contributed by atoms with E-state index in [0.717, 1.165) is 50.1 Å². The van der Waals surface area contributed by atoms with Gasteiger partial charge in [-0.3, -0.25) is 14.5 Å². The van der Waals surface area contributed by atoms with Crippen LogP contribution in [-0.4, -0.2) is 47.9 Å². The summed E-state index contributed by atoms with van der Waals surface area (Å²) in [5.41, 5.74) is 1.26. The standard InChI is InChI=1S/C22H30N4O3/c27-19(23-17-8-6-9-18(16-17)25-13-4-1-5-14-25)10-7-15-26-20(28)22(24-21(26)29)11-2-3-12-22/h6,8-9,16H,1-5,7,10-15H2,(H,23,27)(H,24,29). The number of rotatable bonds is 6. The Kier molecular flexibility index (Phi) is 5.74. The molecule has 1 aromatic rings. The molecule has 1 aliphatic carbocycles. The van der Waals surface area contributed by atoms with Crippen LogP contribution >= 0.6 is 0 Å². The topological polar surface area (TPSA) is 81.8 Å². The number of hydrogen-bond donors (Lipinski definition) is 2. The number of amides is 4. The second-order valence-electron chi connectivity index (χ2n) is 8.43. The van der Waals surface area contributed by atoms with Crippen molar-refractivity contribution in [2.45, 2.75) is 63.3 Å². The average Bonchev–Trinajstić information content (AvgIpc) is 3.29. The van der Waals surface area contributed by atoms with E-state index >= 15 is 0 Å². The van der Waals surface area contributed by atoms with Crippen LogP contribution in [0.25, 0.3) is 0 Å². The number of anilines is 2. The first-order valence-electron chi connectivity index (χ1n) is 10.9. The largest absolute Gasteiger partial charge is 0.371 e.